The number of hydrogen-bond acceptors (Lipinski definition) is 4. The number of benzene rings is 2. The monoisotopic (exact) mass is 416 g/mol. The van der Waals surface area contributed by atoms with E-state index in [1.54, 1.807) is 41.1 Å². The van der Waals surface area contributed by atoms with Gasteiger partial charge in [-0.15, -0.1) is 0 Å². The first-order valence-electron chi connectivity index (χ1n) is 8.44. The molecule has 2 N–H and O–H groups in total. The minimum absolute atomic E-state index is 0.104. The van der Waals surface area contributed by atoms with Crippen molar-refractivity contribution in [2.75, 3.05) is 0 Å². The Bertz CT molecular complexity index is 1020. The number of nitrogens with two attached hydrogens (primary N) is 1. The van der Waals surface area contributed by atoms with Gasteiger partial charge in [0.05, 0.1) is 6.54 Å². The third-order valence-corrected chi connectivity index (χ3v) is 4.84. The van der Waals surface area contributed by atoms with Crippen molar-refractivity contribution in [3.8, 4) is 0 Å². The van der Waals surface area contributed by atoms with Gasteiger partial charge in [-0.3, -0.25) is 4.68 Å². The summed E-state index contributed by atoms with van der Waals surface area (Å²) in [7, 11) is 0. The van der Waals surface area contributed by atoms with Gasteiger partial charge in [-0.05, 0) is 32.0 Å². The molecule has 0 saturated heterocycles. The zero-order chi connectivity index (χ0) is 20.3. The molecule has 3 rings (SSSR count). The molecule has 0 radical (unpaired) electrons. The molecule has 0 fully saturated rings. The van der Waals surface area contributed by atoms with Gasteiger partial charge >= 0.3 is 5.97 Å². The van der Waals surface area contributed by atoms with E-state index in [2.05, 4.69) is 10.3 Å². The van der Waals surface area contributed by atoms with Gasteiger partial charge in [-0.1, -0.05) is 64.3 Å². The van der Waals surface area contributed by atoms with Crippen molar-refractivity contribution < 1.29 is 9.63 Å². The lowest BCUT2D eigenvalue weighted by molar-refractivity contribution is 0.0508. The highest BCUT2D eigenvalue weighted by atomic mass is 35.5. The Morgan fingerprint density at radius 1 is 1.14 bits per heavy atom. The molecule has 0 aliphatic carbocycles. The van der Waals surface area contributed by atoms with Crippen LogP contribution in [0.15, 0.2) is 53.7 Å². The summed E-state index contributed by atoms with van der Waals surface area (Å²) in [6.45, 7) is 4.11. The van der Waals surface area contributed by atoms with Crippen molar-refractivity contribution in [1.82, 2.24) is 9.78 Å². The van der Waals surface area contributed by atoms with E-state index in [-0.39, 0.29) is 11.5 Å². The molecule has 0 bridgehead atoms. The Labute approximate surface area is 172 Å². The van der Waals surface area contributed by atoms with Gasteiger partial charge in [0.1, 0.15) is 0 Å². The van der Waals surface area contributed by atoms with Crippen LogP contribution in [0.4, 0.5) is 0 Å². The predicted octanol–water partition coefficient (Wildman–Crippen LogP) is 4.33. The van der Waals surface area contributed by atoms with Crippen LogP contribution < -0.4 is 5.73 Å². The van der Waals surface area contributed by atoms with Crippen LogP contribution in [0.2, 0.25) is 10.0 Å². The fourth-order valence-corrected chi connectivity index (χ4v) is 3.03. The van der Waals surface area contributed by atoms with Crippen LogP contribution in [-0.4, -0.2) is 21.6 Å². The highest BCUT2D eigenvalue weighted by molar-refractivity contribution is 6.35. The van der Waals surface area contributed by atoms with Crippen molar-refractivity contribution in [2.24, 2.45) is 10.9 Å². The molecule has 1 heterocycles. The molecule has 0 aliphatic heterocycles. The maximum Gasteiger partial charge on any atom is 0.385 e. The number of halogens is 2. The fraction of sp³-hybridized carbons (Fsp3) is 0.150. The van der Waals surface area contributed by atoms with Crippen molar-refractivity contribution in [1.29, 1.82) is 0 Å². The SMILES string of the molecule is Cc1ccc(/C(N)=N/OC(=O)c2cc(C)n(Cc3c(Cl)cccc3Cl)n2)cc1. The summed E-state index contributed by atoms with van der Waals surface area (Å²) in [6.07, 6.45) is 0. The molecule has 0 aliphatic rings. The average molecular weight is 417 g/mol. The number of oxime groups is 1. The number of carbonyl (C=O) groups excluding carboxylic acids is 1. The van der Waals surface area contributed by atoms with Crippen LogP contribution in [0.25, 0.3) is 0 Å². The van der Waals surface area contributed by atoms with Crippen LogP contribution in [0.5, 0.6) is 0 Å². The molecule has 3 aromatic rings. The van der Waals surface area contributed by atoms with Gasteiger partial charge in [-0.2, -0.15) is 5.10 Å². The minimum atomic E-state index is -0.706. The van der Waals surface area contributed by atoms with Gasteiger partial charge in [0, 0.05) is 26.9 Å². The molecule has 0 saturated carbocycles. The average Bonchev–Trinajstić information content (AvgIpc) is 3.04. The zero-order valence-corrected chi connectivity index (χ0v) is 16.8. The van der Waals surface area contributed by atoms with E-state index < -0.39 is 5.97 Å². The fourth-order valence-electron chi connectivity index (χ4n) is 2.52. The Balaban J connectivity index is 1.74. The van der Waals surface area contributed by atoms with E-state index in [4.69, 9.17) is 33.8 Å². The summed E-state index contributed by atoms with van der Waals surface area (Å²) >= 11 is 12.4. The maximum absolute atomic E-state index is 12.3. The Morgan fingerprint density at radius 2 is 1.79 bits per heavy atom. The number of nitrogens with zero attached hydrogens (tertiary/aromatic N) is 3. The first kappa shape index (κ1) is 19.9. The molecule has 8 heteroatoms. The molecular weight excluding hydrogens is 399 g/mol. The van der Waals surface area contributed by atoms with Crippen LogP contribution >= 0.6 is 23.2 Å². The molecular formula is C20H18Cl2N4O2. The molecule has 0 atom stereocenters. The summed E-state index contributed by atoms with van der Waals surface area (Å²) in [5, 5.41) is 9.03. The lowest BCUT2D eigenvalue weighted by Gasteiger charge is -2.08. The maximum atomic E-state index is 12.3. The second-order valence-corrected chi connectivity index (χ2v) is 7.06. The predicted molar refractivity (Wildman–Crippen MR) is 110 cm³/mol. The number of amidine groups is 1. The molecule has 28 heavy (non-hydrogen) atoms. The van der Waals surface area contributed by atoms with E-state index in [1.807, 2.05) is 26.0 Å². The van der Waals surface area contributed by atoms with Gasteiger partial charge in [0.25, 0.3) is 0 Å². The molecule has 0 amide bonds. The van der Waals surface area contributed by atoms with Crippen molar-refractivity contribution in [3.05, 3.63) is 86.7 Å². The van der Waals surface area contributed by atoms with E-state index in [1.165, 1.54) is 0 Å². The summed E-state index contributed by atoms with van der Waals surface area (Å²) in [5.41, 5.74) is 9.19. The van der Waals surface area contributed by atoms with Gasteiger partial charge < -0.3 is 10.6 Å². The zero-order valence-electron chi connectivity index (χ0n) is 15.3. The number of aromatic nitrogens is 2. The number of hydrogen-bond donors (Lipinski definition) is 1. The topological polar surface area (TPSA) is 82.5 Å². The Morgan fingerprint density at radius 3 is 2.43 bits per heavy atom. The second-order valence-electron chi connectivity index (χ2n) is 6.25. The standard InChI is InChI=1S/C20H18Cl2N4O2/c1-12-6-8-14(9-7-12)19(23)25-28-20(27)18-10-13(2)26(24-18)11-15-16(21)4-3-5-17(15)22/h3-10H,11H2,1-2H3,(H2,23,25). The van der Waals surface area contributed by atoms with E-state index in [0.717, 1.165) is 16.8 Å². The normalized spacial score (nSPS) is 11.5. The Hall–Kier alpha value is -2.83. The summed E-state index contributed by atoms with van der Waals surface area (Å²) in [6, 6.07) is 14.3. The largest absolute Gasteiger partial charge is 0.385 e. The smallest absolute Gasteiger partial charge is 0.380 e. The lowest BCUT2D eigenvalue weighted by atomic mass is 10.1. The third kappa shape index (κ3) is 4.52. The van der Waals surface area contributed by atoms with E-state index in [9.17, 15) is 4.79 Å². The lowest BCUT2D eigenvalue weighted by Crippen LogP contribution is -2.15. The summed E-state index contributed by atoms with van der Waals surface area (Å²) < 4.78 is 1.62. The molecule has 0 spiro atoms. The van der Waals surface area contributed by atoms with Crippen LogP contribution in [0, 0.1) is 13.8 Å². The summed E-state index contributed by atoms with van der Waals surface area (Å²) in [5.74, 6) is -0.602. The van der Waals surface area contributed by atoms with E-state index in [0.29, 0.717) is 22.2 Å². The highest BCUT2D eigenvalue weighted by Crippen LogP contribution is 2.25. The van der Waals surface area contributed by atoms with Gasteiger partial charge in [0.2, 0.25) is 0 Å². The molecule has 6 nitrogen and oxygen atoms in total. The first-order chi connectivity index (χ1) is 13.3. The van der Waals surface area contributed by atoms with Crippen molar-refractivity contribution in [2.45, 2.75) is 20.4 Å². The van der Waals surface area contributed by atoms with E-state index >= 15 is 0 Å². The summed E-state index contributed by atoms with van der Waals surface area (Å²) in [4.78, 5) is 17.2. The molecule has 2 aromatic carbocycles. The van der Waals surface area contributed by atoms with Crippen molar-refractivity contribution in [3.63, 3.8) is 0 Å². The minimum Gasteiger partial charge on any atom is -0.380 e. The molecule has 1 aromatic heterocycles. The highest BCUT2D eigenvalue weighted by Gasteiger charge is 2.16. The quantitative estimate of drug-likeness (QED) is 0.290. The molecule has 144 valence electrons. The van der Waals surface area contributed by atoms with Gasteiger partial charge in [0.15, 0.2) is 11.5 Å². The van der Waals surface area contributed by atoms with Gasteiger partial charge in [-0.25, -0.2) is 4.79 Å². The first-order valence-corrected chi connectivity index (χ1v) is 9.20. The number of rotatable bonds is 5. The number of aryl methyl sites for hydroxylation is 2. The third-order valence-electron chi connectivity index (χ3n) is 4.13. The molecule has 0 unspecified atom stereocenters. The van der Waals surface area contributed by atoms with Crippen LogP contribution in [-0.2, 0) is 11.4 Å². The van der Waals surface area contributed by atoms with Crippen molar-refractivity contribution >= 4 is 35.0 Å². The van der Waals surface area contributed by atoms with Crippen LogP contribution in [0.3, 0.4) is 0 Å². The Kier molecular flexibility index (Phi) is 6.02. The second kappa shape index (κ2) is 8.46. The van der Waals surface area contributed by atoms with Crippen LogP contribution in [0.1, 0.15) is 32.9 Å². The number of carbonyl (C=O) groups is 1.